The van der Waals surface area contributed by atoms with Crippen LogP contribution < -0.4 is 5.32 Å². The third-order valence-electron chi connectivity index (χ3n) is 1.80. The lowest BCUT2D eigenvalue weighted by atomic mass is 10.2. The minimum absolute atomic E-state index is 0.272. The van der Waals surface area contributed by atoms with E-state index in [4.69, 9.17) is 4.74 Å². The summed E-state index contributed by atoms with van der Waals surface area (Å²) in [7, 11) is 0. The quantitative estimate of drug-likeness (QED) is 0.814. The SMILES string of the molecule is CC(C)(C)OC(=O)NCc1ccc(C=O)cn1. The first-order chi connectivity index (χ1) is 7.90. The Labute approximate surface area is 100 Å². The van der Waals surface area contributed by atoms with Crippen LogP contribution in [0.2, 0.25) is 0 Å². The fourth-order valence-corrected chi connectivity index (χ4v) is 1.09. The minimum Gasteiger partial charge on any atom is -0.444 e. The second kappa shape index (κ2) is 5.43. The molecule has 1 N–H and O–H groups in total. The van der Waals surface area contributed by atoms with Crippen molar-refractivity contribution in [2.45, 2.75) is 32.9 Å². The molecule has 1 rings (SSSR count). The maximum absolute atomic E-state index is 11.3. The molecule has 17 heavy (non-hydrogen) atoms. The smallest absolute Gasteiger partial charge is 0.407 e. The first kappa shape index (κ1) is 13.2. The van der Waals surface area contributed by atoms with Gasteiger partial charge in [-0.05, 0) is 32.9 Å². The summed E-state index contributed by atoms with van der Waals surface area (Å²) in [5.41, 5.74) is 0.659. The number of hydrogen-bond acceptors (Lipinski definition) is 4. The second-order valence-corrected chi connectivity index (χ2v) is 4.56. The molecule has 0 saturated carbocycles. The van der Waals surface area contributed by atoms with E-state index in [1.165, 1.54) is 6.20 Å². The Morgan fingerprint density at radius 3 is 2.65 bits per heavy atom. The van der Waals surface area contributed by atoms with Gasteiger partial charge >= 0.3 is 6.09 Å². The number of aromatic nitrogens is 1. The molecule has 1 aromatic heterocycles. The highest BCUT2D eigenvalue weighted by atomic mass is 16.6. The number of rotatable bonds is 3. The standard InChI is InChI=1S/C12H16N2O3/c1-12(2,3)17-11(16)14-7-10-5-4-9(8-15)6-13-10/h4-6,8H,7H2,1-3H3,(H,14,16). The minimum atomic E-state index is -0.515. The Balaban J connectivity index is 2.44. The Morgan fingerprint density at radius 1 is 1.47 bits per heavy atom. The highest BCUT2D eigenvalue weighted by molar-refractivity contribution is 5.73. The van der Waals surface area contributed by atoms with Crippen molar-refractivity contribution in [1.29, 1.82) is 0 Å². The molecular formula is C12H16N2O3. The van der Waals surface area contributed by atoms with Gasteiger partial charge in [0.15, 0.2) is 6.29 Å². The zero-order valence-corrected chi connectivity index (χ0v) is 10.2. The van der Waals surface area contributed by atoms with Crippen LogP contribution in [0.1, 0.15) is 36.8 Å². The zero-order valence-electron chi connectivity index (χ0n) is 10.2. The summed E-state index contributed by atoms with van der Waals surface area (Å²) >= 11 is 0. The summed E-state index contributed by atoms with van der Waals surface area (Å²) < 4.78 is 5.07. The Hall–Kier alpha value is -1.91. The van der Waals surface area contributed by atoms with Gasteiger partial charge in [0.05, 0.1) is 12.2 Å². The van der Waals surface area contributed by atoms with E-state index in [1.807, 2.05) is 0 Å². The van der Waals surface area contributed by atoms with Crippen molar-refractivity contribution in [1.82, 2.24) is 10.3 Å². The fourth-order valence-electron chi connectivity index (χ4n) is 1.09. The number of pyridine rings is 1. The lowest BCUT2D eigenvalue weighted by Gasteiger charge is -2.19. The topological polar surface area (TPSA) is 68.3 Å². The van der Waals surface area contributed by atoms with Crippen molar-refractivity contribution in [3.63, 3.8) is 0 Å². The largest absolute Gasteiger partial charge is 0.444 e. The van der Waals surface area contributed by atoms with Crippen LogP contribution in [-0.2, 0) is 11.3 Å². The summed E-state index contributed by atoms with van der Waals surface area (Å²) in [6.45, 7) is 5.66. The first-order valence-electron chi connectivity index (χ1n) is 5.28. The molecule has 92 valence electrons. The van der Waals surface area contributed by atoms with E-state index in [9.17, 15) is 9.59 Å². The number of ether oxygens (including phenoxy) is 1. The van der Waals surface area contributed by atoms with Gasteiger partial charge in [-0.3, -0.25) is 9.78 Å². The molecular weight excluding hydrogens is 220 g/mol. The van der Waals surface area contributed by atoms with E-state index in [0.29, 0.717) is 11.3 Å². The monoisotopic (exact) mass is 236 g/mol. The molecule has 0 aliphatic carbocycles. The molecule has 0 bridgehead atoms. The molecule has 1 heterocycles. The molecule has 0 radical (unpaired) electrons. The third kappa shape index (κ3) is 5.10. The lowest BCUT2D eigenvalue weighted by molar-refractivity contribution is 0.0522. The molecule has 0 fully saturated rings. The Kier molecular flexibility index (Phi) is 4.20. The highest BCUT2D eigenvalue weighted by Gasteiger charge is 2.15. The van der Waals surface area contributed by atoms with Crippen LogP contribution in [0, 0.1) is 0 Å². The highest BCUT2D eigenvalue weighted by Crippen LogP contribution is 2.06. The van der Waals surface area contributed by atoms with Crippen LogP contribution in [-0.4, -0.2) is 23.0 Å². The van der Waals surface area contributed by atoms with Crippen molar-refractivity contribution in [2.75, 3.05) is 0 Å². The normalized spacial score (nSPS) is 10.8. The number of amides is 1. The summed E-state index contributed by atoms with van der Waals surface area (Å²) in [6.07, 6.45) is 1.69. The van der Waals surface area contributed by atoms with Crippen molar-refractivity contribution < 1.29 is 14.3 Å². The number of hydrogen-bond donors (Lipinski definition) is 1. The van der Waals surface area contributed by atoms with Gasteiger partial charge in [0.2, 0.25) is 0 Å². The number of carbonyl (C=O) groups excluding carboxylic acids is 2. The van der Waals surface area contributed by atoms with Crippen LogP contribution in [0.5, 0.6) is 0 Å². The first-order valence-corrected chi connectivity index (χ1v) is 5.28. The summed E-state index contributed by atoms with van der Waals surface area (Å²) in [4.78, 5) is 25.8. The van der Waals surface area contributed by atoms with E-state index in [1.54, 1.807) is 32.9 Å². The lowest BCUT2D eigenvalue weighted by Crippen LogP contribution is -2.32. The molecule has 0 aliphatic heterocycles. The Bertz CT molecular complexity index is 393. The van der Waals surface area contributed by atoms with E-state index in [2.05, 4.69) is 10.3 Å². The maximum atomic E-state index is 11.3. The van der Waals surface area contributed by atoms with Crippen molar-refractivity contribution in [3.05, 3.63) is 29.6 Å². The average molecular weight is 236 g/mol. The molecule has 0 atom stereocenters. The van der Waals surface area contributed by atoms with Gasteiger partial charge in [-0.15, -0.1) is 0 Å². The van der Waals surface area contributed by atoms with Crippen molar-refractivity contribution in [2.24, 2.45) is 0 Å². The van der Waals surface area contributed by atoms with Gasteiger partial charge < -0.3 is 10.1 Å². The third-order valence-corrected chi connectivity index (χ3v) is 1.80. The molecule has 0 unspecified atom stereocenters. The Morgan fingerprint density at radius 2 is 2.18 bits per heavy atom. The molecule has 1 amide bonds. The van der Waals surface area contributed by atoms with E-state index in [0.717, 1.165) is 6.29 Å². The molecule has 0 spiro atoms. The second-order valence-electron chi connectivity index (χ2n) is 4.56. The van der Waals surface area contributed by atoms with E-state index >= 15 is 0 Å². The van der Waals surface area contributed by atoms with Crippen LogP contribution >= 0.6 is 0 Å². The number of nitrogens with zero attached hydrogens (tertiary/aromatic N) is 1. The molecule has 5 nitrogen and oxygen atoms in total. The number of aldehydes is 1. The number of carbonyl (C=O) groups is 2. The number of alkyl carbamates (subject to hydrolysis) is 1. The predicted octanol–water partition coefficient (Wildman–Crippen LogP) is 1.92. The van der Waals surface area contributed by atoms with Gasteiger partial charge in [0, 0.05) is 11.8 Å². The summed E-state index contributed by atoms with van der Waals surface area (Å²) in [5.74, 6) is 0. The van der Waals surface area contributed by atoms with Gasteiger partial charge in [-0.25, -0.2) is 4.79 Å². The van der Waals surface area contributed by atoms with Gasteiger partial charge in [-0.1, -0.05) is 0 Å². The van der Waals surface area contributed by atoms with Gasteiger partial charge in [0.25, 0.3) is 0 Å². The zero-order chi connectivity index (χ0) is 12.9. The van der Waals surface area contributed by atoms with Crippen molar-refractivity contribution in [3.8, 4) is 0 Å². The molecule has 0 aliphatic rings. The van der Waals surface area contributed by atoms with Gasteiger partial charge in [0.1, 0.15) is 5.60 Å². The predicted molar refractivity (Wildman–Crippen MR) is 62.7 cm³/mol. The average Bonchev–Trinajstić information content (AvgIpc) is 2.25. The van der Waals surface area contributed by atoms with Crippen LogP contribution in [0.3, 0.4) is 0 Å². The van der Waals surface area contributed by atoms with Crippen LogP contribution in [0.15, 0.2) is 18.3 Å². The fraction of sp³-hybridized carbons (Fsp3) is 0.417. The molecule has 0 saturated heterocycles. The number of nitrogens with one attached hydrogen (secondary N) is 1. The van der Waals surface area contributed by atoms with Crippen LogP contribution in [0.4, 0.5) is 4.79 Å². The van der Waals surface area contributed by atoms with Crippen LogP contribution in [0.25, 0.3) is 0 Å². The maximum Gasteiger partial charge on any atom is 0.407 e. The molecule has 5 heteroatoms. The summed E-state index contributed by atoms with van der Waals surface area (Å²) in [5, 5.41) is 2.58. The summed E-state index contributed by atoms with van der Waals surface area (Å²) in [6, 6.07) is 3.33. The molecule has 0 aromatic carbocycles. The van der Waals surface area contributed by atoms with E-state index in [-0.39, 0.29) is 6.54 Å². The molecule has 1 aromatic rings. The van der Waals surface area contributed by atoms with Crippen molar-refractivity contribution >= 4 is 12.4 Å². The van der Waals surface area contributed by atoms with Gasteiger partial charge in [-0.2, -0.15) is 0 Å². The van der Waals surface area contributed by atoms with E-state index < -0.39 is 11.7 Å².